The molecule has 1 atom stereocenters. The summed E-state index contributed by atoms with van der Waals surface area (Å²) in [6.45, 7) is 0.866. The topological polar surface area (TPSA) is 139 Å². The molecule has 0 aromatic heterocycles. The van der Waals surface area contributed by atoms with E-state index in [9.17, 15) is 28.4 Å². The number of anilines is 1. The van der Waals surface area contributed by atoms with E-state index >= 15 is 0 Å². The number of rotatable bonds is 9. The monoisotopic (exact) mass is 419 g/mol. The number of carboxylic acids is 1. The van der Waals surface area contributed by atoms with E-state index in [0.29, 0.717) is 5.75 Å². The fraction of sp³-hybridized carbons (Fsp3) is 0.533. The lowest BCUT2D eigenvalue weighted by Crippen LogP contribution is -2.40. The highest BCUT2D eigenvalue weighted by Gasteiger charge is 2.29. The lowest BCUT2D eigenvalue weighted by atomic mass is 10.2. The quantitative estimate of drug-likeness (QED) is 0.447. The van der Waals surface area contributed by atoms with Crippen LogP contribution in [0.25, 0.3) is 0 Å². The van der Waals surface area contributed by atoms with Crippen LogP contribution >= 0.6 is 11.8 Å². The van der Waals surface area contributed by atoms with Gasteiger partial charge in [-0.1, -0.05) is 0 Å². The summed E-state index contributed by atoms with van der Waals surface area (Å²) in [5.41, 5.74) is -0.519. The van der Waals surface area contributed by atoms with Crippen molar-refractivity contribution in [2.75, 3.05) is 43.6 Å². The van der Waals surface area contributed by atoms with Crippen molar-refractivity contribution in [2.45, 2.75) is 17.4 Å². The van der Waals surface area contributed by atoms with E-state index < -0.39 is 32.6 Å². The Morgan fingerprint density at radius 2 is 2.11 bits per heavy atom. The largest absolute Gasteiger partial charge is 0.480 e. The van der Waals surface area contributed by atoms with Crippen molar-refractivity contribution >= 4 is 39.1 Å². The number of morpholine rings is 1. The summed E-state index contributed by atoms with van der Waals surface area (Å²) in [4.78, 5) is 21.9. The van der Waals surface area contributed by atoms with Gasteiger partial charge in [0, 0.05) is 19.2 Å². The van der Waals surface area contributed by atoms with Crippen LogP contribution in [-0.2, 0) is 19.6 Å². The van der Waals surface area contributed by atoms with Crippen LogP contribution in [0.4, 0.5) is 11.4 Å². The number of nitrogens with zero attached hydrogens (tertiary/aromatic N) is 2. The van der Waals surface area contributed by atoms with Crippen LogP contribution in [0.15, 0.2) is 23.1 Å². The van der Waals surface area contributed by atoms with Crippen molar-refractivity contribution in [3.63, 3.8) is 0 Å². The van der Waals surface area contributed by atoms with E-state index in [4.69, 9.17) is 4.74 Å². The van der Waals surface area contributed by atoms with Crippen LogP contribution in [0.3, 0.4) is 0 Å². The van der Waals surface area contributed by atoms with Crippen LogP contribution in [-0.4, -0.2) is 73.1 Å². The Labute approximate surface area is 161 Å². The molecule has 0 bridgehead atoms. The number of thioether (sulfide) groups is 1. The van der Waals surface area contributed by atoms with Crippen molar-refractivity contribution in [2.24, 2.45) is 0 Å². The van der Waals surface area contributed by atoms with Gasteiger partial charge in [0.1, 0.15) is 11.7 Å². The van der Waals surface area contributed by atoms with E-state index in [1.807, 2.05) is 6.26 Å². The molecule has 1 saturated heterocycles. The predicted molar refractivity (Wildman–Crippen MR) is 101 cm³/mol. The zero-order valence-corrected chi connectivity index (χ0v) is 16.3. The highest BCUT2D eigenvalue weighted by atomic mass is 32.2. The first-order valence-corrected chi connectivity index (χ1v) is 11.0. The second kappa shape index (κ2) is 9.35. The molecule has 0 amide bonds. The third-order valence-electron chi connectivity index (χ3n) is 4.01. The van der Waals surface area contributed by atoms with E-state index in [1.54, 1.807) is 0 Å². The SMILES string of the molecule is CSCC[C@H](Nc1ccc(S(=O)(=O)N2CCOCC2)cc1[N+](=O)[O-])C(=O)O. The first-order valence-electron chi connectivity index (χ1n) is 8.12. The molecule has 1 heterocycles. The van der Waals surface area contributed by atoms with Crippen LogP contribution in [0, 0.1) is 10.1 Å². The lowest BCUT2D eigenvalue weighted by Gasteiger charge is -2.26. The van der Waals surface area contributed by atoms with E-state index in [2.05, 4.69) is 5.32 Å². The fourth-order valence-electron chi connectivity index (χ4n) is 2.56. The van der Waals surface area contributed by atoms with Crippen LogP contribution in [0.2, 0.25) is 0 Å². The molecule has 2 rings (SSSR count). The van der Waals surface area contributed by atoms with Crippen molar-refractivity contribution < 1.29 is 28.0 Å². The van der Waals surface area contributed by atoms with Gasteiger partial charge in [0.15, 0.2) is 0 Å². The summed E-state index contributed by atoms with van der Waals surface area (Å²) in [5.74, 6) is -0.579. The normalized spacial score (nSPS) is 16.6. The number of aliphatic carboxylic acids is 1. The maximum Gasteiger partial charge on any atom is 0.326 e. The molecule has 1 fully saturated rings. The van der Waals surface area contributed by atoms with Gasteiger partial charge in [0.25, 0.3) is 5.69 Å². The molecule has 0 radical (unpaired) electrons. The maximum absolute atomic E-state index is 12.7. The zero-order chi connectivity index (χ0) is 20.0. The third-order valence-corrected chi connectivity index (χ3v) is 6.55. The molecule has 0 unspecified atom stereocenters. The number of carbonyl (C=O) groups is 1. The molecular formula is C15H21N3O7S2. The number of hydrogen-bond donors (Lipinski definition) is 2. The van der Waals surface area contributed by atoms with Gasteiger partial charge in [-0.25, -0.2) is 13.2 Å². The Kier molecular flexibility index (Phi) is 7.41. The van der Waals surface area contributed by atoms with Crippen molar-refractivity contribution in [3.05, 3.63) is 28.3 Å². The Bertz CT molecular complexity index is 795. The second-order valence-electron chi connectivity index (χ2n) is 5.77. The Morgan fingerprint density at radius 3 is 2.67 bits per heavy atom. The fourth-order valence-corrected chi connectivity index (χ4v) is 4.46. The average molecular weight is 419 g/mol. The Hall–Kier alpha value is -1.89. The number of benzene rings is 1. The molecule has 1 aromatic rings. The van der Waals surface area contributed by atoms with Gasteiger partial charge in [-0.3, -0.25) is 10.1 Å². The highest BCUT2D eigenvalue weighted by molar-refractivity contribution is 7.98. The van der Waals surface area contributed by atoms with Gasteiger partial charge >= 0.3 is 5.97 Å². The van der Waals surface area contributed by atoms with Gasteiger partial charge in [-0.15, -0.1) is 0 Å². The maximum atomic E-state index is 12.7. The van der Waals surface area contributed by atoms with Crippen LogP contribution in [0.1, 0.15) is 6.42 Å². The number of carboxylic acid groups (broad SMARTS) is 1. The van der Waals surface area contributed by atoms with Gasteiger partial charge in [0.2, 0.25) is 10.0 Å². The Morgan fingerprint density at radius 1 is 1.44 bits per heavy atom. The molecule has 0 spiro atoms. The number of hydrogen-bond acceptors (Lipinski definition) is 8. The van der Waals surface area contributed by atoms with Gasteiger partial charge in [-0.2, -0.15) is 16.1 Å². The van der Waals surface area contributed by atoms with Gasteiger partial charge in [0.05, 0.1) is 23.0 Å². The molecule has 12 heteroatoms. The van der Waals surface area contributed by atoms with E-state index in [1.165, 1.54) is 28.2 Å². The molecule has 1 aromatic carbocycles. The first kappa shape index (κ1) is 21.4. The average Bonchev–Trinajstić information content (AvgIpc) is 2.65. The molecule has 1 aliphatic heterocycles. The molecule has 0 aliphatic carbocycles. The number of ether oxygens (including phenoxy) is 1. The first-order chi connectivity index (χ1) is 12.8. The zero-order valence-electron chi connectivity index (χ0n) is 14.7. The standard InChI is InChI=1S/C15H21N3O7S2/c1-26-9-4-13(15(19)20)16-12-3-2-11(10-14(12)18(21)22)27(23,24)17-5-7-25-8-6-17/h2-3,10,13,16H,4-9H2,1H3,(H,19,20)/t13-/m0/s1. The number of nitrogens with one attached hydrogen (secondary N) is 1. The summed E-state index contributed by atoms with van der Waals surface area (Å²) < 4.78 is 31.7. The minimum absolute atomic E-state index is 0.0329. The Balaban J connectivity index is 2.33. The molecule has 27 heavy (non-hydrogen) atoms. The van der Waals surface area contributed by atoms with Crippen LogP contribution in [0.5, 0.6) is 0 Å². The molecular weight excluding hydrogens is 398 g/mol. The molecule has 2 N–H and O–H groups in total. The third kappa shape index (κ3) is 5.31. The summed E-state index contributed by atoms with van der Waals surface area (Å²) in [7, 11) is -3.89. The van der Waals surface area contributed by atoms with Crippen LogP contribution < -0.4 is 5.32 Å². The summed E-state index contributed by atoms with van der Waals surface area (Å²) >= 11 is 1.46. The number of nitro benzene ring substituents is 1. The van der Waals surface area contributed by atoms with Crippen molar-refractivity contribution in [1.82, 2.24) is 4.31 Å². The molecule has 0 saturated carbocycles. The van der Waals surface area contributed by atoms with E-state index in [0.717, 1.165) is 6.07 Å². The predicted octanol–water partition coefficient (Wildman–Crippen LogP) is 1.23. The number of sulfonamides is 1. The van der Waals surface area contributed by atoms with Gasteiger partial charge in [-0.05, 0) is 30.6 Å². The van der Waals surface area contributed by atoms with Crippen molar-refractivity contribution in [1.29, 1.82) is 0 Å². The highest BCUT2D eigenvalue weighted by Crippen LogP contribution is 2.30. The molecule has 10 nitrogen and oxygen atoms in total. The minimum Gasteiger partial charge on any atom is -0.480 e. The number of nitro groups is 1. The minimum atomic E-state index is -3.89. The van der Waals surface area contributed by atoms with Crippen molar-refractivity contribution in [3.8, 4) is 0 Å². The molecule has 1 aliphatic rings. The van der Waals surface area contributed by atoms with Gasteiger partial charge < -0.3 is 15.2 Å². The molecule has 150 valence electrons. The summed E-state index contributed by atoms with van der Waals surface area (Å²) in [6.07, 6.45) is 2.09. The smallest absolute Gasteiger partial charge is 0.326 e. The lowest BCUT2D eigenvalue weighted by molar-refractivity contribution is -0.384. The summed E-state index contributed by atoms with van der Waals surface area (Å²) in [6, 6.07) is 2.42. The summed E-state index contributed by atoms with van der Waals surface area (Å²) in [5, 5.41) is 23.4. The van der Waals surface area contributed by atoms with E-state index in [-0.39, 0.29) is 43.3 Å². The second-order valence-corrected chi connectivity index (χ2v) is 8.69.